The molecule has 2 nitrogen and oxygen atoms in total. The summed E-state index contributed by atoms with van der Waals surface area (Å²) < 4.78 is 6.04. The summed E-state index contributed by atoms with van der Waals surface area (Å²) in [7, 11) is 0. The van der Waals surface area contributed by atoms with Crippen molar-refractivity contribution in [1.82, 2.24) is 0 Å². The van der Waals surface area contributed by atoms with E-state index in [2.05, 4.69) is 73.7 Å². The van der Waals surface area contributed by atoms with Gasteiger partial charge in [-0.25, -0.2) is 0 Å². The van der Waals surface area contributed by atoms with Gasteiger partial charge in [0, 0.05) is 5.41 Å². The van der Waals surface area contributed by atoms with Crippen LogP contribution in [0.15, 0.2) is 83.1 Å². The number of rotatable bonds is 8. The second-order valence-electron chi connectivity index (χ2n) is 8.66. The molecule has 32 heavy (non-hydrogen) atoms. The molecule has 0 bridgehead atoms. The van der Waals surface area contributed by atoms with E-state index in [-0.39, 0.29) is 12.0 Å². The molecule has 0 unspecified atom stereocenters. The molecule has 0 radical (unpaired) electrons. The number of aliphatic hydroxyl groups is 1. The molecule has 1 aromatic heterocycles. The number of aliphatic hydroxyl groups excluding tert-OH is 1. The maximum Gasteiger partial charge on any atom is 0.120 e. The van der Waals surface area contributed by atoms with E-state index in [9.17, 15) is 5.11 Å². The fraction of sp³-hybridized carbons (Fsp3) is 0.241. The molecule has 2 aromatic carbocycles. The van der Waals surface area contributed by atoms with Crippen molar-refractivity contribution in [2.45, 2.75) is 33.8 Å². The van der Waals surface area contributed by atoms with Gasteiger partial charge in [-0.3, -0.25) is 0 Å². The first kappa shape index (κ1) is 23.6. The van der Waals surface area contributed by atoms with Crippen molar-refractivity contribution in [3.8, 4) is 28.7 Å². The highest BCUT2D eigenvalue weighted by Crippen LogP contribution is 2.26. The largest absolute Gasteiger partial charge is 0.489 e. The summed E-state index contributed by atoms with van der Waals surface area (Å²) >= 11 is 1.69. The zero-order valence-electron chi connectivity index (χ0n) is 19.0. The summed E-state index contributed by atoms with van der Waals surface area (Å²) in [5, 5.41) is 14.0. The number of allylic oxidation sites excluding steroid dienone is 2. The first-order chi connectivity index (χ1) is 15.4. The van der Waals surface area contributed by atoms with Crippen LogP contribution in [0.25, 0.3) is 17.2 Å². The van der Waals surface area contributed by atoms with Crippen LogP contribution in [-0.4, -0.2) is 11.7 Å². The third-order valence-corrected chi connectivity index (χ3v) is 5.33. The third kappa shape index (κ3) is 7.89. The fourth-order valence-corrected chi connectivity index (χ4v) is 3.73. The highest BCUT2D eigenvalue weighted by molar-refractivity contribution is 7.08. The Kier molecular flexibility index (Phi) is 8.50. The lowest BCUT2D eigenvalue weighted by Crippen LogP contribution is -1.98. The Morgan fingerprint density at radius 2 is 1.91 bits per heavy atom. The van der Waals surface area contributed by atoms with Crippen molar-refractivity contribution >= 4 is 17.4 Å². The van der Waals surface area contributed by atoms with E-state index in [1.165, 1.54) is 5.56 Å². The van der Waals surface area contributed by atoms with Gasteiger partial charge >= 0.3 is 0 Å². The molecule has 0 fully saturated rings. The molecule has 1 heterocycles. The van der Waals surface area contributed by atoms with Gasteiger partial charge < -0.3 is 9.84 Å². The minimum absolute atomic E-state index is 0.00623. The second-order valence-corrected chi connectivity index (χ2v) is 9.44. The summed E-state index contributed by atoms with van der Waals surface area (Å²) in [6.07, 6.45) is 6.56. The van der Waals surface area contributed by atoms with Gasteiger partial charge in [-0.05, 0) is 96.1 Å². The lowest BCUT2D eigenvalue weighted by atomic mass is 9.98. The molecule has 164 valence electrons. The quantitative estimate of drug-likeness (QED) is 0.369. The zero-order valence-corrected chi connectivity index (χ0v) is 19.8. The highest BCUT2D eigenvalue weighted by atomic mass is 32.1. The van der Waals surface area contributed by atoms with E-state index in [1.54, 1.807) is 11.3 Å². The molecule has 0 amide bonds. The van der Waals surface area contributed by atoms with Crippen molar-refractivity contribution in [3.05, 3.63) is 94.2 Å². The van der Waals surface area contributed by atoms with Crippen LogP contribution in [0.3, 0.4) is 0 Å². The van der Waals surface area contributed by atoms with Gasteiger partial charge in [0.25, 0.3) is 0 Å². The molecule has 3 heteroatoms. The normalized spacial score (nSPS) is 11.9. The number of hydrogen-bond acceptors (Lipinski definition) is 3. The Balaban J connectivity index is 1.62. The molecule has 3 aromatic rings. The standard InChI is InChI=1S/C29H30O2S/c1-29(2,3)15-6-4-5-9-24(20-30)17-23-10-7-11-25(18-23)21-31-28-13-8-12-26(19-28)27-14-16-32-22-27/h4-5,7-8,10-14,16-19,22,30H,9,20-21H2,1-3H3. The van der Waals surface area contributed by atoms with Gasteiger partial charge in [0.1, 0.15) is 12.4 Å². The average Bonchev–Trinajstić information content (AvgIpc) is 3.31. The molecule has 3 rings (SSSR count). The van der Waals surface area contributed by atoms with Gasteiger partial charge in [-0.2, -0.15) is 11.3 Å². The lowest BCUT2D eigenvalue weighted by molar-refractivity contribution is 0.306. The first-order valence-corrected chi connectivity index (χ1v) is 11.7. The maximum atomic E-state index is 9.74. The lowest BCUT2D eigenvalue weighted by Gasteiger charge is -2.09. The molecular formula is C29H30O2S. The smallest absolute Gasteiger partial charge is 0.120 e. The van der Waals surface area contributed by atoms with Crippen molar-refractivity contribution in [1.29, 1.82) is 0 Å². The van der Waals surface area contributed by atoms with Crippen LogP contribution in [-0.2, 0) is 6.61 Å². The molecule has 0 spiro atoms. The van der Waals surface area contributed by atoms with E-state index in [0.29, 0.717) is 13.0 Å². The fourth-order valence-electron chi connectivity index (χ4n) is 3.07. The van der Waals surface area contributed by atoms with Crippen LogP contribution in [0, 0.1) is 17.3 Å². The summed E-state index contributed by atoms with van der Waals surface area (Å²) in [6, 6.07) is 18.5. The van der Waals surface area contributed by atoms with E-state index in [0.717, 1.165) is 28.0 Å². The third-order valence-electron chi connectivity index (χ3n) is 4.65. The zero-order chi connectivity index (χ0) is 22.8. The molecule has 0 saturated heterocycles. The molecule has 0 aliphatic heterocycles. The predicted molar refractivity (Wildman–Crippen MR) is 137 cm³/mol. The highest BCUT2D eigenvalue weighted by Gasteiger charge is 2.03. The minimum Gasteiger partial charge on any atom is -0.489 e. The number of ether oxygens (including phenoxy) is 1. The summed E-state index contributed by atoms with van der Waals surface area (Å²) in [5.74, 6) is 7.10. The van der Waals surface area contributed by atoms with Gasteiger partial charge in [0.05, 0.1) is 6.61 Å². The summed E-state index contributed by atoms with van der Waals surface area (Å²) in [4.78, 5) is 0. The summed E-state index contributed by atoms with van der Waals surface area (Å²) in [6.45, 7) is 6.77. The average molecular weight is 443 g/mol. The minimum atomic E-state index is -0.00623. The van der Waals surface area contributed by atoms with Gasteiger partial charge in [-0.1, -0.05) is 54.3 Å². The van der Waals surface area contributed by atoms with E-state index < -0.39 is 0 Å². The van der Waals surface area contributed by atoms with Gasteiger partial charge in [0.2, 0.25) is 0 Å². The Morgan fingerprint density at radius 3 is 2.66 bits per heavy atom. The SMILES string of the molecule is CC(C)(C)C#CC=CCC(=Cc1cccc(COc2cccc(-c3ccsc3)c2)c1)CO. The van der Waals surface area contributed by atoms with Crippen LogP contribution >= 0.6 is 11.3 Å². The van der Waals surface area contributed by atoms with Gasteiger partial charge in [-0.15, -0.1) is 0 Å². The molecule has 0 saturated carbocycles. The van der Waals surface area contributed by atoms with Crippen molar-refractivity contribution < 1.29 is 9.84 Å². The number of benzene rings is 2. The van der Waals surface area contributed by atoms with E-state index in [4.69, 9.17) is 4.74 Å². The van der Waals surface area contributed by atoms with E-state index >= 15 is 0 Å². The second kappa shape index (κ2) is 11.5. The Morgan fingerprint density at radius 1 is 1.06 bits per heavy atom. The molecular weight excluding hydrogens is 412 g/mol. The predicted octanol–water partition coefficient (Wildman–Crippen LogP) is 7.37. The van der Waals surface area contributed by atoms with Crippen molar-refractivity contribution in [2.24, 2.45) is 5.41 Å². The molecule has 1 N–H and O–H groups in total. The summed E-state index contributed by atoms with van der Waals surface area (Å²) in [5.41, 5.74) is 5.45. The Labute approximate surface area is 195 Å². The van der Waals surface area contributed by atoms with Crippen LogP contribution < -0.4 is 4.74 Å². The monoisotopic (exact) mass is 442 g/mol. The van der Waals surface area contributed by atoms with Crippen molar-refractivity contribution in [3.63, 3.8) is 0 Å². The first-order valence-electron chi connectivity index (χ1n) is 10.8. The molecule has 0 aliphatic carbocycles. The number of hydrogen-bond donors (Lipinski definition) is 1. The Hall–Kier alpha value is -3.06. The topological polar surface area (TPSA) is 29.5 Å². The van der Waals surface area contributed by atoms with Crippen molar-refractivity contribution in [2.75, 3.05) is 6.61 Å². The van der Waals surface area contributed by atoms with Crippen LogP contribution in [0.4, 0.5) is 0 Å². The molecule has 0 atom stereocenters. The number of thiophene rings is 1. The van der Waals surface area contributed by atoms with Gasteiger partial charge in [0.15, 0.2) is 0 Å². The van der Waals surface area contributed by atoms with Crippen LogP contribution in [0.2, 0.25) is 0 Å². The van der Waals surface area contributed by atoms with Crippen LogP contribution in [0.1, 0.15) is 38.3 Å². The van der Waals surface area contributed by atoms with Crippen LogP contribution in [0.5, 0.6) is 5.75 Å². The molecule has 0 aliphatic rings. The maximum absolute atomic E-state index is 9.74. The van der Waals surface area contributed by atoms with E-state index in [1.807, 2.05) is 42.5 Å². The Bertz CT molecular complexity index is 1120.